The van der Waals surface area contributed by atoms with Crippen molar-refractivity contribution in [3.8, 4) is 5.75 Å². The van der Waals surface area contributed by atoms with Gasteiger partial charge in [-0.3, -0.25) is 14.9 Å². The Balaban J connectivity index is 2.09. The number of hydrogen-bond acceptors (Lipinski definition) is 5. The summed E-state index contributed by atoms with van der Waals surface area (Å²) in [7, 11) is 1.40. The first-order chi connectivity index (χ1) is 14.1. The van der Waals surface area contributed by atoms with Crippen LogP contribution in [0.5, 0.6) is 5.75 Å². The maximum Gasteiger partial charge on any atom is 0.271 e. The van der Waals surface area contributed by atoms with Crippen LogP contribution in [0.15, 0.2) is 48.5 Å². The number of anilines is 1. The number of thiocarbonyl (C=S) groups is 1. The van der Waals surface area contributed by atoms with Crippen LogP contribution in [0.4, 0.5) is 11.4 Å². The van der Waals surface area contributed by atoms with Crippen molar-refractivity contribution in [2.45, 2.75) is 16.4 Å². The molecule has 2 aromatic rings. The van der Waals surface area contributed by atoms with Gasteiger partial charge < -0.3 is 20.7 Å². The van der Waals surface area contributed by atoms with E-state index in [9.17, 15) is 14.9 Å². The van der Waals surface area contributed by atoms with Crippen molar-refractivity contribution in [2.75, 3.05) is 12.4 Å². The smallest absolute Gasteiger partial charge is 0.271 e. The van der Waals surface area contributed by atoms with Gasteiger partial charge in [-0.1, -0.05) is 65.1 Å². The van der Waals surface area contributed by atoms with E-state index >= 15 is 0 Å². The summed E-state index contributed by atoms with van der Waals surface area (Å²) in [5.41, 5.74) is 0.832. The quantitative estimate of drug-likeness (QED) is 0.177. The second-order valence-corrected chi connectivity index (χ2v) is 8.72. The van der Waals surface area contributed by atoms with Crippen LogP contribution in [0.3, 0.4) is 0 Å². The Morgan fingerprint density at radius 3 is 2.43 bits per heavy atom. The number of methoxy groups -OCH3 is 1. The molecule has 0 saturated carbocycles. The van der Waals surface area contributed by atoms with Crippen LogP contribution >= 0.6 is 47.0 Å². The minimum Gasteiger partial charge on any atom is -0.495 e. The zero-order chi connectivity index (χ0) is 22.3. The molecule has 0 aromatic heterocycles. The number of hydrogen-bond donors (Lipinski definition) is 3. The summed E-state index contributed by atoms with van der Waals surface area (Å²) < 4.78 is 3.22. The Bertz CT molecular complexity index is 925. The standard InChI is InChI=1S/C18H17Cl3N4O4S/c1-29-14-8-7-12(25(27)28)10-13(14)22-17(30)24-16(18(19,20)21)23-15(26)9-11-5-3-2-4-6-11/h2-8,10,16H,9H2,1H3,(H,23,26)(H2,22,24,30)/t16-/m1/s1. The van der Waals surface area contributed by atoms with Gasteiger partial charge in [-0.15, -0.1) is 0 Å². The van der Waals surface area contributed by atoms with E-state index in [1.807, 2.05) is 6.07 Å². The monoisotopic (exact) mass is 490 g/mol. The third-order valence-electron chi connectivity index (χ3n) is 3.76. The minimum atomic E-state index is -1.94. The molecule has 0 unspecified atom stereocenters. The van der Waals surface area contributed by atoms with Crippen molar-refractivity contribution in [3.63, 3.8) is 0 Å². The first-order valence-corrected chi connectivity index (χ1v) is 9.94. The number of alkyl halides is 3. The molecule has 0 heterocycles. The molecule has 1 amide bonds. The van der Waals surface area contributed by atoms with Gasteiger partial charge in [0.25, 0.3) is 5.69 Å². The summed E-state index contributed by atoms with van der Waals surface area (Å²) >= 11 is 23.1. The number of nitro benzene ring substituents is 1. The van der Waals surface area contributed by atoms with Crippen LogP contribution < -0.4 is 20.7 Å². The van der Waals surface area contributed by atoms with E-state index in [2.05, 4.69) is 16.0 Å². The molecule has 3 N–H and O–H groups in total. The van der Waals surface area contributed by atoms with E-state index in [-0.39, 0.29) is 22.9 Å². The lowest BCUT2D eigenvalue weighted by Crippen LogP contribution is -2.56. The first kappa shape index (κ1) is 23.9. The van der Waals surface area contributed by atoms with Gasteiger partial charge in [-0.05, 0) is 23.8 Å². The molecular weight excluding hydrogens is 475 g/mol. The van der Waals surface area contributed by atoms with Crippen molar-refractivity contribution >= 4 is 69.4 Å². The Morgan fingerprint density at radius 2 is 1.87 bits per heavy atom. The molecule has 160 valence electrons. The second kappa shape index (κ2) is 10.6. The number of halogens is 3. The number of rotatable bonds is 7. The lowest BCUT2D eigenvalue weighted by atomic mass is 10.1. The number of nitrogens with one attached hydrogen (secondary N) is 3. The van der Waals surface area contributed by atoms with Crippen LogP contribution in [0.2, 0.25) is 0 Å². The third kappa shape index (κ3) is 7.17. The molecule has 12 heteroatoms. The van der Waals surface area contributed by atoms with E-state index in [4.69, 9.17) is 51.8 Å². The largest absolute Gasteiger partial charge is 0.495 e. The molecule has 0 saturated heterocycles. The minimum absolute atomic E-state index is 0.0508. The SMILES string of the molecule is COc1ccc([N+](=O)[O-])cc1NC(=S)N[C@@H](NC(=O)Cc1ccccc1)C(Cl)(Cl)Cl. The molecule has 2 rings (SSSR count). The summed E-state index contributed by atoms with van der Waals surface area (Å²) in [6, 6.07) is 13.0. The van der Waals surface area contributed by atoms with Crippen molar-refractivity contribution in [2.24, 2.45) is 0 Å². The molecular formula is C18H17Cl3N4O4S. The van der Waals surface area contributed by atoms with Crippen molar-refractivity contribution in [1.29, 1.82) is 0 Å². The fourth-order valence-electron chi connectivity index (χ4n) is 2.39. The average Bonchev–Trinajstić information content (AvgIpc) is 2.67. The van der Waals surface area contributed by atoms with Gasteiger partial charge in [0.05, 0.1) is 24.1 Å². The molecule has 0 radical (unpaired) electrons. The van der Waals surface area contributed by atoms with E-state index < -0.39 is 20.8 Å². The Kier molecular flexibility index (Phi) is 8.48. The predicted molar refractivity (Wildman–Crippen MR) is 121 cm³/mol. The van der Waals surface area contributed by atoms with Gasteiger partial charge in [0.2, 0.25) is 9.70 Å². The predicted octanol–water partition coefficient (Wildman–Crippen LogP) is 3.95. The number of nitrogens with zero attached hydrogens (tertiary/aromatic N) is 1. The molecule has 2 aromatic carbocycles. The zero-order valence-electron chi connectivity index (χ0n) is 15.5. The van der Waals surface area contributed by atoms with Crippen molar-refractivity contribution in [1.82, 2.24) is 10.6 Å². The molecule has 0 aliphatic heterocycles. The van der Waals surface area contributed by atoms with E-state index in [0.717, 1.165) is 5.56 Å². The van der Waals surface area contributed by atoms with Crippen LogP contribution in [-0.2, 0) is 11.2 Å². The van der Waals surface area contributed by atoms with Gasteiger partial charge in [0.1, 0.15) is 11.9 Å². The second-order valence-electron chi connectivity index (χ2n) is 5.94. The van der Waals surface area contributed by atoms with Gasteiger partial charge in [0, 0.05) is 12.1 Å². The van der Waals surface area contributed by atoms with Crippen molar-refractivity contribution in [3.05, 3.63) is 64.2 Å². The van der Waals surface area contributed by atoms with Gasteiger partial charge in [-0.25, -0.2) is 0 Å². The molecule has 0 spiro atoms. The number of carbonyl (C=O) groups is 1. The molecule has 0 aliphatic rings. The lowest BCUT2D eigenvalue weighted by Gasteiger charge is -2.28. The zero-order valence-corrected chi connectivity index (χ0v) is 18.6. The van der Waals surface area contributed by atoms with E-state index in [1.54, 1.807) is 24.3 Å². The Morgan fingerprint density at radius 1 is 1.20 bits per heavy atom. The van der Waals surface area contributed by atoms with E-state index in [0.29, 0.717) is 5.75 Å². The fourth-order valence-corrected chi connectivity index (χ4v) is 2.94. The van der Waals surface area contributed by atoms with Crippen LogP contribution in [-0.4, -0.2) is 33.0 Å². The highest BCUT2D eigenvalue weighted by atomic mass is 35.6. The average molecular weight is 492 g/mol. The lowest BCUT2D eigenvalue weighted by molar-refractivity contribution is -0.384. The summed E-state index contributed by atoms with van der Waals surface area (Å²) in [5, 5.41) is 19.0. The fraction of sp³-hybridized carbons (Fsp3) is 0.222. The summed E-state index contributed by atoms with van der Waals surface area (Å²) in [5.74, 6) is -0.0935. The third-order valence-corrected chi connectivity index (χ3v) is 4.63. The number of nitro groups is 1. The maximum atomic E-state index is 12.3. The topological polar surface area (TPSA) is 106 Å². The molecule has 8 nitrogen and oxygen atoms in total. The van der Waals surface area contributed by atoms with E-state index in [1.165, 1.54) is 25.3 Å². The summed E-state index contributed by atoms with van der Waals surface area (Å²) in [6.45, 7) is 0. The highest BCUT2D eigenvalue weighted by Crippen LogP contribution is 2.31. The highest BCUT2D eigenvalue weighted by molar-refractivity contribution is 7.80. The van der Waals surface area contributed by atoms with Gasteiger partial charge >= 0.3 is 0 Å². The highest BCUT2D eigenvalue weighted by Gasteiger charge is 2.34. The number of amides is 1. The summed E-state index contributed by atoms with van der Waals surface area (Å²) in [6.07, 6.45) is -1.11. The Hall–Kier alpha value is -2.33. The molecule has 30 heavy (non-hydrogen) atoms. The Labute approximate surface area is 193 Å². The first-order valence-electron chi connectivity index (χ1n) is 8.40. The van der Waals surface area contributed by atoms with Crippen molar-refractivity contribution < 1.29 is 14.5 Å². The molecule has 0 fully saturated rings. The van der Waals surface area contributed by atoms with Crippen LogP contribution in [0.1, 0.15) is 5.56 Å². The number of benzene rings is 2. The molecule has 1 atom stereocenters. The number of non-ortho nitro benzene ring substituents is 1. The molecule has 0 bridgehead atoms. The van der Waals surface area contributed by atoms with Gasteiger partial charge in [-0.2, -0.15) is 0 Å². The molecule has 0 aliphatic carbocycles. The number of carbonyl (C=O) groups excluding carboxylic acids is 1. The number of ether oxygens (including phenoxy) is 1. The van der Waals surface area contributed by atoms with Crippen LogP contribution in [0, 0.1) is 10.1 Å². The summed E-state index contributed by atoms with van der Waals surface area (Å²) in [4.78, 5) is 22.8. The van der Waals surface area contributed by atoms with Gasteiger partial charge in [0.15, 0.2) is 5.11 Å². The maximum absolute atomic E-state index is 12.3. The normalized spacial score (nSPS) is 11.9. The van der Waals surface area contributed by atoms with Crippen LogP contribution in [0.25, 0.3) is 0 Å².